The number of hydrogen-bond donors (Lipinski definition) is 8. The molecule has 0 saturated heterocycles. The Labute approximate surface area is 466 Å². The summed E-state index contributed by atoms with van der Waals surface area (Å²) >= 11 is 0. The molecule has 4 atom stereocenters. The van der Waals surface area contributed by atoms with Gasteiger partial charge in [0.25, 0.3) is 0 Å². The normalized spacial score (nSPS) is 12.6. The number of rotatable bonds is 57. The van der Waals surface area contributed by atoms with Crippen molar-refractivity contribution in [2.24, 2.45) is 11.8 Å². The Kier molecular flexibility index (Phi) is 46.3. The van der Waals surface area contributed by atoms with Gasteiger partial charge in [0.05, 0.1) is 39.0 Å². The number of carbonyl (C=O) groups is 11. The van der Waals surface area contributed by atoms with Crippen LogP contribution in [0.4, 0.5) is 0 Å². The lowest BCUT2D eigenvalue weighted by molar-refractivity contribution is -0.145. The minimum atomic E-state index is -1.39. The molecule has 0 aromatic carbocycles. The number of nitrogens with one attached hydrogen (secondary N) is 4. The number of amides is 4. The van der Waals surface area contributed by atoms with E-state index in [-0.39, 0.29) is 146 Å². The molecule has 0 bridgehead atoms. The first-order valence-electron chi connectivity index (χ1n) is 28.7. The molecule has 454 valence electrons. The number of ether oxygens (including phenoxy) is 4. The van der Waals surface area contributed by atoms with Gasteiger partial charge in [-0.3, -0.25) is 43.2 Å². The highest BCUT2D eigenvalue weighted by molar-refractivity contribution is 5.87. The van der Waals surface area contributed by atoms with E-state index in [1.165, 1.54) is 32.1 Å². The quantitative estimate of drug-likeness (QED) is 0.0329. The zero-order valence-electron chi connectivity index (χ0n) is 47.3. The molecule has 0 aliphatic carbocycles. The Morgan fingerprint density at radius 3 is 1.34 bits per heavy atom. The van der Waals surface area contributed by atoms with Gasteiger partial charge in [-0.15, -0.1) is 0 Å². The summed E-state index contributed by atoms with van der Waals surface area (Å²) in [4.78, 5) is 131. The van der Waals surface area contributed by atoms with Crippen molar-refractivity contribution in [1.29, 1.82) is 0 Å². The van der Waals surface area contributed by atoms with Crippen molar-refractivity contribution in [1.82, 2.24) is 21.3 Å². The summed E-state index contributed by atoms with van der Waals surface area (Å²) in [5.41, 5.74) is 0. The Morgan fingerprint density at radius 1 is 0.380 bits per heavy atom. The predicted molar refractivity (Wildman–Crippen MR) is 291 cm³/mol. The maximum absolute atomic E-state index is 12.6. The van der Waals surface area contributed by atoms with E-state index < -0.39 is 66.2 Å². The van der Waals surface area contributed by atoms with Crippen molar-refractivity contribution in [3.05, 3.63) is 0 Å². The van der Waals surface area contributed by atoms with Gasteiger partial charge in [0.1, 0.15) is 36.9 Å². The zero-order valence-corrected chi connectivity index (χ0v) is 47.3. The predicted octanol–water partition coefficient (Wildman–Crippen LogP) is 5.89. The largest absolute Gasteiger partial charge is 0.481 e. The van der Waals surface area contributed by atoms with Gasteiger partial charge < -0.3 is 60.6 Å². The van der Waals surface area contributed by atoms with Gasteiger partial charge in [-0.05, 0) is 64.7 Å². The van der Waals surface area contributed by atoms with Crippen molar-refractivity contribution >= 4 is 64.9 Å². The Morgan fingerprint density at radius 2 is 0.835 bits per heavy atom. The highest BCUT2D eigenvalue weighted by Crippen LogP contribution is 2.18. The third-order valence-corrected chi connectivity index (χ3v) is 13.1. The van der Waals surface area contributed by atoms with Gasteiger partial charge in [0, 0.05) is 70.6 Å². The van der Waals surface area contributed by atoms with Crippen LogP contribution in [0, 0.1) is 11.8 Å². The first kappa shape index (κ1) is 73.6. The van der Waals surface area contributed by atoms with Crippen LogP contribution in [-0.2, 0) is 71.7 Å². The van der Waals surface area contributed by atoms with E-state index in [1.807, 2.05) is 6.92 Å². The number of carboxylic acid groups (broad SMARTS) is 4. The lowest BCUT2D eigenvalue weighted by atomic mass is 9.94. The average molecular weight is 1130 g/mol. The number of ketones is 3. The molecule has 8 N–H and O–H groups in total. The summed E-state index contributed by atoms with van der Waals surface area (Å²) in [7, 11) is 0. The second-order valence-corrected chi connectivity index (χ2v) is 20.0. The van der Waals surface area contributed by atoms with E-state index in [0.717, 1.165) is 70.6 Å². The smallest absolute Gasteiger partial charge is 0.326 e. The van der Waals surface area contributed by atoms with E-state index in [9.17, 15) is 68.1 Å². The summed E-state index contributed by atoms with van der Waals surface area (Å²) in [6, 6.07) is -2.65. The number of unbranched alkanes of at least 4 members (excludes halogenated alkanes) is 14. The molecule has 0 radical (unpaired) electrons. The maximum Gasteiger partial charge on any atom is 0.326 e. The van der Waals surface area contributed by atoms with Gasteiger partial charge >= 0.3 is 23.9 Å². The van der Waals surface area contributed by atoms with Crippen LogP contribution in [0.2, 0.25) is 0 Å². The average Bonchev–Trinajstić information content (AvgIpc) is 3.39. The van der Waals surface area contributed by atoms with Crippen molar-refractivity contribution in [3.8, 4) is 0 Å². The van der Waals surface area contributed by atoms with E-state index in [2.05, 4.69) is 21.3 Å². The number of aliphatic carboxylic acids is 4. The van der Waals surface area contributed by atoms with Crippen LogP contribution in [-0.4, -0.2) is 163 Å². The van der Waals surface area contributed by atoms with Gasteiger partial charge in [-0.1, -0.05) is 90.4 Å². The van der Waals surface area contributed by atoms with Crippen LogP contribution in [0.15, 0.2) is 0 Å². The fourth-order valence-electron chi connectivity index (χ4n) is 8.39. The summed E-state index contributed by atoms with van der Waals surface area (Å²) < 4.78 is 21.4. The van der Waals surface area contributed by atoms with E-state index in [4.69, 9.17) is 24.1 Å². The molecular weight excluding hydrogens is 1030 g/mol. The molecule has 0 fully saturated rings. The van der Waals surface area contributed by atoms with Crippen LogP contribution >= 0.6 is 0 Å². The Bertz CT molecular complexity index is 1780. The molecule has 0 aliphatic heterocycles. The molecule has 0 aromatic heterocycles. The van der Waals surface area contributed by atoms with Gasteiger partial charge in [0.15, 0.2) is 5.78 Å². The molecule has 0 aliphatic rings. The molecule has 23 nitrogen and oxygen atoms in total. The van der Waals surface area contributed by atoms with Gasteiger partial charge in [0.2, 0.25) is 23.6 Å². The minimum Gasteiger partial charge on any atom is -0.481 e. The van der Waals surface area contributed by atoms with E-state index in [1.54, 1.807) is 6.92 Å². The first-order valence-corrected chi connectivity index (χ1v) is 28.7. The molecule has 0 heterocycles. The molecule has 0 unspecified atom stereocenters. The minimum absolute atomic E-state index is 0.0201. The third kappa shape index (κ3) is 46.1. The van der Waals surface area contributed by atoms with Crippen LogP contribution in [0.1, 0.15) is 200 Å². The summed E-state index contributed by atoms with van der Waals surface area (Å²) in [6.07, 6.45) is 17.5. The van der Waals surface area contributed by atoms with E-state index >= 15 is 0 Å². The molecular formula is C56H96N4O19. The lowest BCUT2D eigenvalue weighted by Crippen LogP contribution is -2.43. The highest BCUT2D eigenvalue weighted by Gasteiger charge is 2.26. The Hall–Kier alpha value is -5.39. The molecule has 0 rings (SSSR count). The van der Waals surface area contributed by atoms with Crippen molar-refractivity contribution in [2.75, 3.05) is 65.9 Å². The lowest BCUT2D eigenvalue weighted by Gasteiger charge is -2.16. The van der Waals surface area contributed by atoms with E-state index in [0.29, 0.717) is 25.8 Å². The maximum atomic E-state index is 12.6. The summed E-state index contributed by atoms with van der Waals surface area (Å²) in [5, 5.41) is 47.4. The van der Waals surface area contributed by atoms with Crippen LogP contribution < -0.4 is 21.3 Å². The van der Waals surface area contributed by atoms with Crippen molar-refractivity contribution < 1.29 is 92.1 Å². The second kappa shape index (κ2) is 49.6. The highest BCUT2D eigenvalue weighted by atomic mass is 16.5. The van der Waals surface area contributed by atoms with Gasteiger partial charge in [-0.25, -0.2) is 9.59 Å². The SMILES string of the molecule is CC[C@@H](CCCCNC(=O)CC[C@H](NC(=O)COCCOCCCC(=O)COCCOCCNC(=O)CC[C@H](NC(=O)CC[C@H](CC(=O)CCCCCCCCCCCCCCCCC(=O)O)C(=O)O)C(=O)O)C(=O)O)C(C)=O. The zero-order chi connectivity index (χ0) is 58.9. The molecule has 0 aromatic rings. The van der Waals surface area contributed by atoms with Crippen LogP contribution in [0.3, 0.4) is 0 Å². The standard InChI is InChI=1S/C56H96N4O19/c1-3-43(42(2)61)21-18-19-31-57-49(64)29-27-48(56(74)75)60-52(67)41-79-38-35-76-33-20-23-46(63)40-78-37-36-77-34-32-58-50(65)30-26-47(55(72)73)59-51(66)28-25-44(54(70)71)39-45(62)22-16-14-12-10-8-6-4-5-7-9-11-13-15-17-24-53(68)69/h43-44,47-48H,3-41H2,1-2H3,(H,57,64)(H,58,65)(H,59,66)(H,60,67)(H,68,69)(H,70,71)(H,72,73)(H,74,75)/t43-,44+,47-,48-/m0/s1. The number of hydrogen-bond acceptors (Lipinski definition) is 15. The molecule has 23 heteroatoms. The molecule has 4 amide bonds. The van der Waals surface area contributed by atoms with Crippen molar-refractivity contribution in [3.63, 3.8) is 0 Å². The fraction of sp³-hybridized carbons (Fsp3) is 0.804. The third-order valence-electron chi connectivity index (χ3n) is 13.1. The number of carbonyl (C=O) groups excluding carboxylic acids is 7. The summed E-state index contributed by atoms with van der Waals surface area (Å²) in [6.45, 7) is 4.28. The van der Waals surface area contributed by atoms with Gasteiger partial charge in [-0.2, -0.15) is 0 Å². The summed E-state index contributed by atoms with van der Waals surface area (Å²) in [5.74, 6) is -8.01. The first-order chi connectivity index (χ1) is 37.9. The number of Topliss-reactive ketones (excluding diaryl/α,β-unsaturated/α-hetero) is 3. The van der Waals surface area contributed by atoms with Crippen molar-refractivity contribution in [2.45, 2.75) is 212 Å². The molecule has 0 spiro atoms. The topological polar surface area (TPSA) is 354 Å². The van der Waals surface area contributed by atoms with Crippen LogP contribution in [0.5, 0.6) is 0 Å². The fourth-order valence-corrected chi connectivity index (χ4v) is 8.39. The monoisotopic (exact) mass is 1130 g/mol. The second-order valence-electron chi connectivity index (χ2n) is 20.0. The van der Waals surface area contributed by atoms with Crippen LogP contribution in [0.25, 0.3) is 0 Å². The molecule has 79 heavy (non-hydrogen) atoms. The molecule has 0 saturated carbocycles. The number of carboxylic acids is 4. The Balaban J connectivity index is 4.01.